The lowest BCUT2D eigenvalue weighted by molar-refractivity contribution is 0.669. The Morgan fingerprint density at radius 1 is 0.312 bits per heavy atom. The van der Waals surface area contributed by atoms with E-state index in [0.29, 0.717) is 0 Å². The van der Waals surface area contributed by atoms with Crippen LogP contribution in [0.25, 0.3) is 105 Å². The predicted molar refractivity (Wildman–Crippen MR) is 266 cm³/mol. The maximum absolute atomic E-state index is 6.90. The zero-order valence-electron chi connectivity index (χ0n) is 34.7. The summed E-state index contributed by atoms with van der Waals surface area (Å²) in [6, 6.07) is 82.0. The SMILES string of the molecule is c1ccc(-c2ccc(N(c3ccc(-c4cccc5c4oc4ccccc45)cc3)c3ccc(-c4ccc(-n5c6ccccc6c6ccccc65)cc4)c4oc5ccccc5c34)cc2)cc1. The number of aromatic nitrogens is 1. The van der Waals surface area contributed by atoms with Gasteiger partial charge in [0.25, 0.3) is 0 Å². The summed E-state index contributed by atoms with van der Waals surface area (Å²) < 4.78 is 15.7. The van der Waals surface area contributed by atoms with Crippen molar-refractivity contribution in [3.05, 3.63) is 231 Å². The van der Waals surface area contributed by atoms with Crippen LogP contribution in [0, 0.1) is 0 Å². The summed E-state index contributed by atoms with van der Waals surface area (Å²) in [6.07, 6.45) is 0. The van der Waals surface area contributed by atoms with Crippen molar-refractivity contribution in [2.45, 2.75) is 0 Å². The Morgan fingerprint density at radius 2 is 0.797 bits per heavy atom. The van der Waals surface area contributed by atoms with Gasteiger partial charge in [-0.25, -0.2) is 0 Å². The van der Waals surface area contributed by atoms with Gasteiger partial charge in [-0.3, -0.25) is 0 Å². The highest BCUT2D eigenvalue weighted by Gasteiger charge is 2.23. The van der Waals surface area contributed by atoms with Crippen LogP contribution in [0.1, 0.15) is 0 Å². The van der Waals surface area contributed by atoms with E-state index in [2.05, 4.69) is 222 Å². The third-order valence-electron chi connectivity index (χ3n) is 12.8. The van der Waals surface area contributed by atoms with Crippen molar-refractivity contribution in [2.75, 3.05) is 4.90 Å². The summed E-state index contributed by atoms with van der Waals surface area (Å²) in [5, 5.41) is 6.87. The highest BCUT2D eigenvalue weighted by molar-refractivity contribution is 6.17. The number of nitrogens with zero attached hydrogens (tertiary/aromatic N) is 2. The van der Waals surface area contributed by atoms with Crippen LogP contribution >= 0.6 is 0 Å². The fraction of sp³-hybridized carbons (Fsp3) is 0. The summed E-state index contributed by atoms with van der Waals surface area (Å²) >= 11 is 0. The van der Waals surface area contributed by atoms with Crippen LogP contribution in [0.3, 0.4) is 0 Å². The molecule has 0 aliphatic heterocycles. The van der Waals surface area contributed by atoms with Crippen LogP contribution in [-0.4, -0.2) is 4.57 Å². The molecule has 0 aliphatic carbocycles. The van der Waals surface area contributed by atoms with Crippen LogP contribution in [-0.2, 0) is 0 Å². The van der Waals surface area contributed by atoms with Crippen LogP contribution < -0.4 is 4.90 Å². The molecule has 3 heterocycles. The molecule has 0 saturated heterocycles. The first kappa shape index (κ1) is 36.1. The van der Waals surface area contributed by atoms with E-state index in [-0.39, 0.29) is 0 Å². The third kappa shape index (κ3) is 5.70. The van der Waals surface area contributed by atoms with Crippen LogP contribution in [0.2, 0.25) is 0 Å². The molecule has 3 aromatic heterocycles. The highest BCUT2D eigenvalue weighted by Crippen LogP contribution is 2.47. The number of benzene rings is 10. The first-order valence-corrected chi connectivity index (χ1v) is 21.7. The summed E-state index contributed by atoms with van der Waals surface area (Å²) in [4.78, 5) is 2.36. The molecule has 10 aromatic carbocycles. The second kappa shape index (κ2) is 14.5. The molecule has 0 spiro atoms. The van der Waals surface area contributed by atoms with Gasteiger partial charge in [0.05, 0.1) is 22.1 Å². The summed E-state index contributed by atoms with van der Waals surface area (Å²) in [7, 11) is 0. The molecule has 0 aliphatic rings. The average molecular weight is 819 g/mol. The summed E-state index contributed by atoms with van der Waals surface area (Å²) in [6.45, 7) is 0. The monoisotopic (exact) mass is 818 g/mol. The molecule has 0 N–H and O–H groups in total. The minimum atomic E-state index is 0.849. The maximum atomic E-state index is 6.90. The molecule has 0 bridgehead atoms. The Balaban J connectivity index is 0.965. The van der Waals surface area contributed by atoms with Gasteiger partial charge in [-0.05, 0) is 95.1 Å². The molecular formula is C60H38N2O2. The van der Waals surface area contributed by atoms with Crippen molar-refractivity contribution in [3.8, 4) is 39.1 Å². The van der Waals surface area contributed by atoms with E-state index in [9.17, 15) is 0 Å². The molecule has 4 nitrogen and oxygen atoms in total. The van der Waals surface area contributed by atoms with E-state index >= 15 is 0 Å². The number of para-hydroxylation sites is 5. The van der Waals surface area contributed by atoms with E-state index in [4.69, 9.17) is 8.83 Å². The van der Waals surface area contributed by atoms with E-state index in [1.165, 1.54) is 27.4 Å². The van der Waals surface area contributed by atoms with Gasteiger partial charge in [-0.1, -0.05) is 158 Å². The molecule has 0 saturated carbocycles. The molecule has 0 amide bonds. The predicted octanol–water partition coefficient (Wildman–Crippen LogP) is 17.1. The van der Waals surface area contributed by atoms with Gasteiger partial charge in [-0.15, -0.1) is 0 Å². The van der Waals surface area contributed by atoms with Crippen molar-refractivity contribution < 1.29 is 8.83 Å². The Hall–Kier alpha value is -8.60. The fourth-order valence-corrected chi connectivity index (χ4v) is 9.84. The van der Waals surface area contributed by atoms with Gasteiger partial charge in [0.1, 0.15) is 22.3 Å². The first-order valence-electron chi connectivity index (χ1n) is 21.7. The Labute approximate surface area is 369 Å². The normalized spacial score (nSPS) is 11.8. The molecule has 4 heteroatoms. The summed E-state index contributed by atoms with van der Waals surface area (Å²) in [5.74, 6) is 0. The van der Waals surface area contributed by atoms with Crippen molar-refractivity contribution in [2.24, 2.45) is 0 Å². The van der Waals surface area contributed by atoms with Crippen molar-refractivity contribution in [1.82, 2.24) is 4.57 Å². The van der Waals surface area contributed by atoms with Crippen molar-refractivity contribution in [3.63, 3.8) is 0 Å². The van der Waals surface area contributed by atoms with E-state index < -0.39 is 0 Å². The molecule has 13 rings (SSSR count). The topological polar surface area (TPSA) is 34.5 Å². The largest absolute Gasteiger partial charge is 0.455 e. The van der Waals surface area contributed by atoms with Crippen LogP contribution in [0.15, 0.2) is 239 Å². The summed E-state index contributed by atoms with van der Waals surface area (Å²) in [5.41, 5.74) is 16.7. The number of fused-ring (bicyclic) bond motifs is 9. The molecule has 300 valence electrons. The second-order valence-electron chi connectivity index (χ2n) is 16.4. The molecule has 13 aromatic rings. The Kier molecular flexibility index (Phi) is 8.18. The average Bonchev–Trinajstić information content (AvgIpc) is 4.05. The number of anilines is 3. The number of rotatable bonds is 7. The van der Waals surface area contributed by atoms with E-state index in [1.807, 2.05) is 18.2 Å². The van der Waals surface area contributed by atoms with Gasteiger partial charge in [0, 0.05) is 55.1 Å². The lowest BCUT2D eigenvalue weighted by Gasteiger charge is -2.27. The Morgan fingerprint density at radius 3 is 1.47 bits per heavy atom. The molecule has 0 atom stereocenters. The number of furan rings is 2. The Bertz CT molecular complexity index is 3820. The number of hydrogen-bond donors (Lipinski definition) is 0. The van der Waals surface area contributed by atoms with Gasteiger partial charge < -0.3 is 18.3 Å². The quantitative estimate of drug-likeness (QED) is 0.161. The second-order valence-corrected chi connectivity index (χ2v) is 16.4. The lowest BCUT2D eigenvalue weighted by atomic mass is 9.98. The molecule has 0 radical (unpaired) electrons. The lowest BCUT2D eigenvalue weighted by Crippen LogP contribution is -2.10. The zero-order valence-corrected chi connectivity index (χ0v) is 34.7. The minimum absolute atomic E-state index is 0.849. The molecule has 64 heavy (non-hydrogen) atoms. The smallest absolute Gasteiger partial charge is 0.145 e. The third-order valence-corrected chi connectivity index (χ3v) is 12.8. The van der Waals surface area contributed by atoms with Gasteiger partial charge in [-0.2, -0.15) is 0 Å². The van der Waals surface area contributed by atoms with Crippen LogP contribution in [0.4, 0.5) is 17.1 Å². The number of hydrogen-bond acceptors (Lipinski definition) is 3. The van der Waals surface area contributed by atoms with Gasteiger partial charge in [0.2, 0.25) is 0 Å². The van der Waals surface area contributed by atoms with Crippen molar-refractivity contribution in [1.29, 1.82) is 0 Å². The zero-order chi connectivity index (χ0) is 42.1. The van der Waals surface area contributed by atoms with E-state index in [1.54, 1.807) is 0 Å². The van der Waals surface area contributed by atoms with Gasteiger partial charge in [0.15, 0.2) is 0 Å². The molecule has 0 fully saturated rings. The van der Waals surface area contributed by atoms with Crippen LogP contribution in [0.5, 0.6) is 0 Å². The fourth-order valence-electron chi connectivity index (χ4n) is 9.84. The molecular weight excluding hydrogens is 781 g/mol. The van der Waals surface area contributed by atoms with Crippen molar-refractivity contribution >= 4 is 82.7 Å². The minimum Gasteiger partial charge on any atom is -0.455 e. The molecule has 0 unspecified atom stereocenters. The maximum Gasteiger partial charge on any atom is 0.145 e. The highest BCUT2D eigenvalue weighted by atomic mass is 16.3. The van der Waals surface area contributed by atoms with E-state index in [0.717, 1.165) is 94.4 Å². The first-order chi connectivity index (χ1) is 31.7. The standard InChI is InChI=1S/C60H38N2O2/c1-2-13-39(14-3-1)40-25-31-43(32-26-40)61(44-33-27-41(28-34-44)46-19-12-20-51-50-17-6-10-23-56(50)63-59(46)51)55-38-37-47(60-58(55)52-18-7-11-24-57(52)64-60)42-29-35-45(36-30-42)62-53-21-8-4-15-48(53)49-16-5-9-22-54(49)62/h1-38H. The van der Waals surface area contributed by atoms with Gasteiger partial charge >= 0.3 is 0 Å².